The van der Waals surface area contributed by atoms with Crippen molar-refractivity contribution >= 4 is 34.0 Å². The fraction of sp³-hybridized carbons (Fsp3) is 0.542. The summed E-state index contributed by atoms with van der Waals surface area (Å²) in [5.41, 5.74) is 16.2. The van der Waals surface area contributed by atoms with E-state index in [0.717, 1.165) is 90.9 Å². The number of ether oxygens (including phenoxy) is 2. The lowest BCUT2D eigenvalue weighted by molar-refractivity contribution is 0.112. The molecule has 7 rings (SSSR count). The summed E-state index contributed by atoms with van der Waals surface area (Å²) >= 11 is 0. The molecule has 0 atom stereocenters. The van der Waals surface area contributed by atoms with Crippen molar-refractivity contribution in [2.45, 2.75) is 97.4 Å². The van der Waals surface area contributed by atoms with E-state index < -0.39 is 0 Å². The van der Waals surface area contributed by atoms with E-state index in [2.05, 4.69) is 139 Å². The van der Waals surface area contributed by atoms with E-state index in [-0.39, 0.29) is 35.0 Å². The number of aromatic amines is 2. The molecule has 5 heterocycles. The van der Waals surface area contributed by atoms with Crippen LogP contribution in [-0.4, -0.2) is 138 Å². The van der Waals surface area contributed by atoms with Crippen molar-refractivity contribution in [1.82, 2.24) is 58.6 Å². The van der Waals surface area contributed by atoms with Gasteiger partial charge in [0.15, 0.2) is 22.9 Å². The van der Waals surface area contributed by atoms with E-state index in [4.69, 9.17) is 20.9 Å². The van der Waals surface area contributed by atoms with Gasteiger partial charge < -0.3 is 40.7 Å². The Bertz CT molecular complexity index is 2480. The Morgan fingerprint density at radius 2 is 1.14 bits per heavy atom. The van der Waals surface area contributed by atoms with Gasteiger partial charge in [-0.2, -0.15) is 19.9 Å². The van der Waals surface area contributed by atoms with Crippen LogP contribution in [0.3, 0.4) is 0 Å². The topological polar surface area (TPSA) is 211 Å². The lowest BCUT2D eigenvalue weighted by Gasteiger charge is -2.37. The molecule has 0 saturated carbocycles. The Morgan fingerprint density at radius 3 is 1.62 bits per heavy atom. The van der Waals surface area contributed by atoms with Gasteiger partial charge in [-0.1, -0.05) is 87.4 Å². The van der Waals surface area contributed by atoms with Gasteiger partial charge in [0.05, 0.1) is 13.2 Å². The van der Waals surface area contributed by atoms with Crippen LogP contribution in [0.1, 0.15) is 76.3 Å². The van der Waals surface area contributed by atoms with Crippen LogP contribution >= 0.6 is 0 Å². The number of hydrogen-bond donors (Lipinski definition) is 4. The van der Waals surface area contributed by atoms with Crippen molar-refractivity contribution in [3.63, 3.8) is 0 Å². The number of benzene rings is 2. The monoisotopic (exact) mass is 909 g/mol. The number of piperidine rings is 1. The van der Waals surface area contributed by atoms with Gasteiger partial charge in [-0.05, 0) is 83.9 Å². The van der Waals surface area contributed by atoms with Crippen LogP contribution in [0.4, 0.5) is 11.6 Å². The van der Waals surface area contributed by atoms with Gasteiger partial charge in [-0.15, -0.1) is 0 Å². The first-order valence-corrected chi connectivity index (χ1v) is 23.7. The van der Waals surface area contributed by atoms with Crippen molar-refractivity contribution < 1.29 is 9.47 Å². The Balaban J connectivity index is 0.000000219. The van der Waals surface area contributed by atoms with Gasteiger partial charge in [0.2, 0.25) is 0 Å². The molecule has 0 bridgehead atoms. The number of fused-ring (bicyclic) bond motifs is 2. The molecule has 6 N–H and O–H groups in total. The quantitative estimate of drug-likeness (QED) is 0.0576. The van der Waals surface area contributed by atoms with Gasteiger partial charge in [0, 0.05) is 58.4 Å². The number of rotatable bonds is 24. The van der Waals surface area contributed by atoms with Crippen LogP contribution in [-0.2, 0) is 26.2 Å². The molecule has 1 saturated heterocycles. The van der Waals surface area contributed by atoms with Crippen LogP contribution in [0.2, 0.25) is 0 Å². The molecule has 0 aliphatic carbocycles. The number of unbranched alkanes of at least 4 members (excludes halogenated alkanes) is 2. The second-order valence-electron chi connectivity index (χ2n) is 17.5. The number of aryl methyl sites for hydroxylation is 2. The summed E-state index contributed by atoms with van der Waals surface area (Å²) in [6, 6.07) is 22.1. The third-order valence-electron chi connectivity index (χ3n) is 11.9. The number of nitrogens with one attached hydrogen (secondary N) is 2. The molecule has 1 fully saturated rings. The zero-order valence-corrected chi connectivity index (χ0v) is 39.8. The van der Waals surface area contributed by atoms with E-state index in [0.29, 0.717) is 54.7 Å². The highest BCUT2D eigenvalue weighted by molar-refractivity contribution is 5.82. The molecule has 66 heavy (non-hydrogen) atoms. The molecule has 4 aromatic heterocycles. The second-order valence-corrected chi connectivity index (χ2v) is 17.5. The number of likely N-dealkylation sites (tertiary alicyclic amines) is 1. The minimum Gasteiger partial charge on any atom is -0.463 e. The molecule has 0 unspecified atom stereocenters. The molecule has 1 aliphatic heterocycles. The molecular formula is C48H72N14O4. The number of H-pyrrole nitrogens is 2. The normalized spacial score (nSPS) is 13.6. The largest absolute Gasteiger partial charge is 0.463 e. The maximum absolute atomic E-state index is 12.7. The van der Waals surface area contributed by atoms with Crippen molar-refractivity contribution in [2.24, 2.45) is 0 Å². The van der Waals surface area contributed by atoms with E-state index in [1.807, 2.05) is 6.07 Å². The first-order valence-electron chi connectivity index (χ1n) is 23.7. The summed E-state index contributed by atoms with van der Waals surface area (Å²) in [4.78, 5) is 57.7. The molecule has 2 aromatic carbocycles. The first-order chi connectivity index (χ1) is 32.0. The molecule has 18 heteroatoms. The average molecular weight is 909 g/mol. The van der Waals surface area contributed by atoms with E-state index >= 15 is 0 Å². The molecule has 6 aromatic rings. The Labute approximate surface area is 388 Å². The fourth-order valence-electron chi connectivity index (χ4n) is 8.13. The molecule has 0 spiro atoms. The van der Waals surface area contributed by atoms with E-state index in [9.17, 15) is 9.59 Å². The molecular weight excluding hydrogens is 837 g/mol. The van der Waals surface area contributed by atoms with E-state index in [1.165, 1.54) is 24.0 Å². The average Bonchev–Trinajstić information content (AvgIpc) is 3.81. The maximum atomic E-state index is 12.7. The van der Waals surface area contributed by atoms with Crippen LogP contribution in [0.15, 0.2) is 70.3 Å². The predicted octanol–water partition coefficient (Wildman–Crippen LogP) is 5.20. The zero-order chi connectivity index (χ0) is 46.8. The summed E-state index contributed by atoms with van der Waals surface area (Å²) < 4.78 is 14.6. The van der Waals surface area contributed by atoms with Crippen LogP contribution < -0.4 is 32.3 Å². The number of likely N-dealkylation sites (N-methyl/N-ethyl adjacent to an activating group) is 1. The lowest BCUT2D eigenvalue weighted by Crippen LogP contribution is -2.44. The highest BCUT2D eigenvalue weighted by atomic mass is 16.5. The molecule has 1 aliphatic rings. The molecule has 0 radical (unpaired) electrons. The van der Waals surface area contributed by atoms with Crippen molar-refractivity contribution in [3.05, 3.63) is 92.8 Å². The highest BCUT2D eigenvalue weighted by Crippen LogP contribution is 2.22. The second kappa shape index (κ2) is 25.2. The van der Waals surface area contributed by atoms with Crippen LogP contribution in [0, 0.1) is 0 Å². The van der Waals surface area contributed by atoms with Crippen molar-refractivity contribution in [2.75, 3.05) is 85.1 Å². The number of aromatic nitrogens is 8. The fourth-order valence-corrected chi connectivity index (χ4v) is 8.13. The van der Waals surface area contributed by atoms with E-state index in [1.54, 1.807) is 9.13 Å². The number of nitrogens with zero attached hydrogens (tertiary/aromatic N) is 10. The number of hydrogen-bond acceptors (Lipinski definition) is 14. The summed E-state index contributed by atoms with van der Waals surface area (Å²) in [7, 11) is 6.35. The zero-order valence-electron chi connectivity index (χ0n) is 39.8. The maximum Gasteiger partial charge on any atom is 0.327 e. The summed E-state index contributed by atoms with van der Waals surface area (Å²) in [6.07, 6.45) is 7.83. The van der Waals surface area contributed by atoms with Gasteiger partial charge in [0.1, 0.15) is 11.0 Å². The first kappa shape index (κ1) is 49.6. The van der Waals surface area contributed by atoms with Crippen LogP contribution in [0.5, 0.6) is 12.0 Å². The third-order valence-corrected chi connectivity index (χ3v) is 11.9. The summed E-state index contributed by atoms with van der Waals surface area (Å²) in [6.45, 7) is 14.1. The standard InChI is InChI=1S/C25H37N7O2.C23H35N7O2/c1-3-4-17-34-24-28-22(26)21-23(29-24)32(25(33)27-21)14-8-13-31(18-19-9-6-5-7-10-19)20-11-15-30(2)16-12-20;1-4-5-16-32-22-26-20(24)19-21(27-22)30(23(31)25-19)13-9-12-29(15-14-28(2)3)17-18-10-7-6-8-11-18/h5-7,9-10,20H,3-4,8,11-18H2,1-2H3,(H,27,33)(H2,26,28,29);6-8,10-11H,4-5,9,12-17H2,1-3H3,(H,25,31)(H2,24,26,27). The number of anilines is 2. The highest BCUT2D eigenvalue weighted by Gasteiger charge is 2.24. The third kappa shape index (κ3) is 14.3. The molecule has 18 nitrogen and oxygen atoms in total. The van der Waals surface area contributed by atoms with Gasteiger partial charge in [-0.3, -0.25) is 18.9 Å². The predicted molar refractivity (Wildman–Crippen MR) is 263 cm³/mol. The number of imidazole rings is 2. The van der Waals surface area contributed by atoms with Gasteiger partial charge in [0.25, 0.3) is 0 Å². The minimum atomic E-state index is -0.227. The van der Waals surface area contributed by atoms with Crippen molar-refractivity contribution in [1.29, 1.82) is 0 Å². The Kier molecular flexibility index (Phi) is 18.9. The Morgan fingerprint density at radius 1 is 0.652 bits per heavy atom. The van der Waals surface area contributed by atoms with Crippen LogP contribution in [0.25, 0.3) is 22.3 Å². The molecule has 0 amide bonds. The lowest BCUT2D eigenvalue weighted by atomic mass is 10.0. The number of nitrogens with two attached hydrogens (primary N) is 2. The SMILES string of the molecule is CCCCOc1nc(N)c2[nH]c(=O)n(CCCN(CCN(C)C)Cc3ccccc3)c2n1.CCCCOc1nc(N)c2[nH]c(=O)n(CCCN(Cc3ccccc3)C3CCN(C)CC3)c2n1. The van der Waals surface area contributed by atoms with Gasteiger partial charge >= 0.3 is 23.4 Å². The smallest absolute Gasteiger partial charge is 0.327 e. The van der Waals surface area contributed by atoms with Crippen molar-refractivity contribution in [3.8, 4) is 12.0 Å². The number of nitrogen functional groups attached to an aromatic ring is 2. The summed E-state index contributed by atoms with van der Waals surface area (Å²) in [5, 5.41) is 0. The molecule has 358 valence electrons. The minimum absolute atomic E-state index is 0.212. The Hall–Kier alpha value is -5.82. The summed E-state index contributed by atoms with van der Waals surface area (Å²) in [5.74, 6) is 0.471. The van der Waals surface area contributed by atoms with Gasteiger partial charge in [-0.25, -0.2) is 9.59 Å².